The molecule has 35 heavy (non-hydrogen) atoms. The van der Waals surface area contributed by atoms with Crippen LogP contribution < -0.4 is 4.74 Å². The Labute approximate surface area is 211 Å². The number of benzene rings is 1. The number of carbonyl (C=O) groups is 3. The van der Waals surface area contributed by atoms with Gasteiger partial charge in [-0.1, -0.05) is 19.4 Å². The van der Waals surface area contributed by atoms with Crippen molar-refractivity contribution in [3.63, 3.8) is 0 Å². The number of amides is 2. The Kier molecular flexibility index (Phi) is 6.97. The average Bonchev–Trinajstić information content (AvgIpc) is 3.07. The van der Waals surface area contributed by atoms with Crippen LogP contribution in [0.25, 0.3) is 6.08 Å². The van der Waals surface area contributed by atoms with E-state index in [-0.39, 0.29) is 12.0 Å². The first-order valence-corrected chi connectivity index (χ1v) is 13.9. The van der Waals surface area contributed by atoms with Gasteiger partial charge in [0.25, 0.3) is 11.1 Å². The predicted octanol–water partition coefficient (Wildman–Crippen LogP) is 5.93. The standard InChI is InChI=1S/C28H35NO5S/c1-3-5-8-34-25(30)17-29-26(31)24(35-27(29)32)13-21-12-22(6-7-23(21)33-4-2)28-14-18-9-19(15-28)11-20(10-18)16-28/h6-7,12-13,18-20H,3-5,8-11,14-17H2,1-2H3/b24-13+. The second kappa shape index (κ2) is 10.00. The first kappa shape index (κ1) is 24.4. The molecule has 0 N–H and O–H groups in total. The highest BCUT2D eigenvalue weighted by atomic mass is 32.2. The van der Waals surface area contributed by atoms with Gasteiger partial charge in [-0.2, -0.15) is 0 Å². The van der Waals surface area contributed by atoms with E-state index in [1.54, 1.807) is 6.08 Å². The van der Waals surface area contributed by atoms with E-state index in [0.29, 0.717) is 23.9 Å². The van der Waals surface area contributed by atoms with Crippen molar-refractivity contribution in [2.45, 2.75) is 70.6 Å². The maximum absolute atomic E-state index is 13.0. The molecule has 6 rings (SSSR count). The Morgan fingerprint density at radius 2 is 1.80 bits per heavy atom. The van der Waals surface area contributed by atoms with Gasteiger partial charge in [0.05, 0.1) is 18.1 Å². The Morgan fingerprint density at radius 1 is 1.11 bits per heavy atom. The van der Waals surface area contributed by atoms with Gasteiger partial charge >= 0.3 is 5.97 Å². The van der Waals surface area contributed by atoms with E-state index in [1.807, 2.05) is 19.9 Å². The van der Waals surface area contributed by atoms with Crippen LogP contribution in [0.1, 0.15) is 76.3 Å². The number of hydrogen-bond acceptors (Lipinski definition) is 6. The van der Waals surface area contributed by atoms with E-state index in [0.717, 1.165) is 52.8 Å². The number of nitrogens with zero attached hydrogens (tertiary/aromatic N) is 1. The van der Waals surface area contributed by atoms with Gasteiger partial charge in [0, 0.05) is 5.56 Å². The third-order valence-corrected chi connectivity index (χ3v) is 9.08. The van der Waals surface area contributed by atoms with Crippen molar-refractivity contribution < 1.29 is 23.9 Å². The summed E-state index contributed by atoms with van der Waals surface area (Å²) in [7, 11) is 0. The largest absolute Gasteiger partial charge is 0.493 e. The molecule has 0 aromatic heterocycles. The highest BCUT2D eigenvalue weighted by Gasteiger charge is 2.51. The van der Waals surface area contributed by atoms with Gasteiger partial charge in [-0.05, 0) is 111 Å². The summed E-state index contributed by atoms with van der Waals surface area (Å²) in [6.45, 7) is 4.41. The quantitative estimate of drug-likeness (QED) is 0.239. The Bertz CT molecular complexity index is 1010. The van der Waals surface area contributed by atoms with Crippen LogP contribution in [0.5, 0.6) is 5.75 Å². The molecule has 1 heterocycles. The van der Waals surface area contributed by atoms with Gasteiger partial charge in [-0.3, -0.25) is 19.3 Å². The van der Waals surface area contributed by atoms with Crippen molar-refractivity contribution in [2.75, 3.05) is 19.8 Å². The number of carbonyl (C=O) groups excluding carboxylic acids is 3. The minimum Gasteiger partial charge on any atom is -0.493 e. The summed E-state index contributed by atoms with van der Waals surface area (Å²) in [5, 5.41) is -0.441. The molecule has 0 spiro atoms. The normalized spacial score (nSPS) is 30.4. The fourth-order valence-corrected chi connectivity index (χ4v) is 7.85. The zero-order chi connectivity index (χ0) is 24.6. The molecule has 5 fully saturated rings. The van der Waals surface area contributed by atoms with E-state index >= 15 is 0 Å². The summed E-state index contributed by atoms with van der Waals surface area (Å²) in [4.78, 5) is 39.0. The van der Waals surface area contributed by atoms with Gasteiger partial charge in [0.15, 0.2) is 0 Å². The third kappa shape index (κ3) is 4.89. The monoisotopic (exact) mass is 497 g/mol. The number of rotatable bonds is 9. The van der Waals surface area contributed by atoms with Crippen LogP contribution >= 0.6 is 11.8 Å². The predicted molar refractivity (Wildman–Crippen MR) is 136 cm³/mol. The molecule has 4 saturated carbocycles. The van der Waals surface area contributed by atoms with E-state index < -0.39 is 17.1 Å². The first-order valence-electron chi connectivity index (χ1n) is 13.1. The first-order chi connectivity index (χ1) is 16.9. The fraction of sp³-hybridized carbons (Fsp3) is 0.607. The van der Waals surface area contributed by atoms with Crippen LogP contribution in [-0.2, 0) is 19.7 Å². The molecule has 0 radical (unpaired) electrons. The number of imide groups is 1. The van der Waals surface area contributed by atoms with Crippen LogP contribution in [0.2, 0.25) is 0 Å². The number of thioether (sulfide) groups is 1. The lowest BCUT2D eigenvalue weighted by atomic mass is 9.48. The highest BCUT2D eigenvalue weighted by Crippen LogP contribution is 2.61. The van der Waals surface area contributed by atoms with Crippen LogP contribution in [0, 0.1) is 17.8 Å². The molecule has 188 valence electrons. The zero-order valence-electron chi connectivity index (χ0n) is 20.7. The van der Waals surface area contributed by atoms with Crippen molar-refractivity contribution in [1.29, 1.82) is 0 Å². The van der Waals surface area contributed by atoms with E-state index in [9.17, 15) is 14.4 Å². The van der Waals surface area contributed by atoms with Crippen molar-refractivity contribution in [3.8, 4) is 5.75 Å². The molecule has 4 bridgehead atoms. The van der Waals surface area contributed by atoms with Crippen molar-refractivity contribution in [3.05, 3.63) is 34.2 Å². The summed E-state index contributed by atoms with van der Waals surface area (Å²) in [5.74, 6) is 2.22. The Morgan fingerprint density at radius 3 is 2.43 bits per heavy atom. The molecule has 6 nitrogen and oxygen atoms in total. The summed E-state index contributed by atoms with van der Waals surface area (Å²) < 4.78 is 11.0. The smallest absolute Gasteiger partial charge is 0.326 e. The van der Waals surface area contributed by atoms with Crippen molar-refractivity contribution in [1.82, 2.24) is 4.90 Å². The molecular formula is C28H35NO5S. The van der Waals surface area contributed by atoms with Crippen LogP contribution in [0.3, 0.4) is 0 Å². The van der Waals surface area contributed by atoms with Crippen LogP contribution in [-0.4, -0.2) is 41.8 Å². The number of esters is 1. The van der Waals surface area contributed by atoms with Gasteiger partial charge < -0.3 is 9.47 Å². The topological polar surface area (TPSA) is 72.9 Å². The average molecular weight is 498 g/mol. The lowest BCUT2D eigenvalue weighted by molar-refractivity contribution is -0.146. The molecule has 1 aromatic rings. The van der Waals surface area contributed by atoms with Crippen LogP contribution in [0.15, 0.2) is 23.1 Å². The van der Waals surface area contributed by atoms with Crippen LogP contribution in [0.4, 0.5) is 4.79 Å². The van der Waals surface area contributed by atoms with Crippen molar-refractivity contribution in [2.24, 2.45) is 17.8 Å². The fourth-order valence-electron chi connectivity index (χ4n) is 7.02. The van der Waals surface area contributed by atoms with Gasteiger partial charge in [-0.15, -0.1) is 0 Å². The Hall–Kier alpha value is -2.28. The van der Waals surface area contributed by atoms with Gasteiger partial charge in [0.1, 0.15) is 12.3 Å². The Balaban J connectivity index is 1.39. The molecule has 5 aliphatic rings. The molecule has 7 heteroatoms. The lowest BCUT2D eigenvalue weighted by Crippen LogP contribution is -2.48. The molecule has 1 aromatic carbocycles. The summed E-state index contributed by atoms with van der Waals surface area (Å²) in [6, 6.07) is 6.43. The maximum atomic E-state index is 13.0. The lowest BCUT2D eigenvalue weighted by Gasteiger charge is -2.57. The summed E-state index contributed by atoms with van der Waals surface area (Å²) in [6.07, 6.45) is 11.3. The molecule has 1 saturated heterocycles. The molecule has 0 atom stereocenters. The SMILES string of the molecule is CCCCOC(=O)CN1C(=O)S/C(=C/c2cc(C34CC5CC(CC(C5)C3)C4)ccc2OCC)C1=O. The number of hydrogen-bond donors (Lipinski definition) is 0. The maximum Gasteiger partial charge on any atom is 0.326 e. The molecule has 0 unspecified atom stereocenters. The van der Waals surface area contributed by atoms with E-state index in [4.69, 9.17) is 9.47 Å². The summed E-state index contributed by atoms with van der Waals surface area (Å²) >= 11 is 0.874. The number of ether oxygens (including phenoxy) is 2. The third-order valence-electron chi connectivity index (χ3n) is 8.17. The van der Waals surface area contributed by atoms with E-state index in [1.165, 1.54) is 44.1 Å². The molecular weight excluding hydrogens is 462 g/mol. The second-order valence-corrected chi connectivity index (χ2v) is 11.7. The van der Waals surface area contributed by atoms with Crippen molar-refractivity contribution >= 4 is 35.0 Å². The number of unbranched alkanes of at least 4 members (excludes halogenated alkanes) is 1. The highest BCUT2D eigenvalue weighted by molar-refractivity contribution is 8.18. The van der Waals surface area contributed by atoms with Gasteiger partial charge in [-0.25, -0.2) is 0 Å². The van der Waals surface area contributed by atoms with E-state index in [2.05, 4.69) is 12.1 Å². The van der Waals surface area contributed by atoms with Gasteiger partial charge in [0.2, 0.25) is 0 Å². The minimum atomic E-state index is -0.555. The molecule has 2 amide bonds. The molecule has 4 aliphatic carbocycles. The minimum absolute atomic E-state index is 0.226. The second-order valence-electron chi connectivity index (χ2n) is 10.7. The zero-order valence-corrected chi connectivity index (χ0v) is 21.5. The molecule has 1 aliphatic heterocycles. The summed E-state index contributed by atoms with van der Waals surface area (Å²) in [5.41, 5.74) is 2.39.